The lowest BCUT2D eigenvalue weighted by Crippen LogP contribution is -2.33. The van der Waals surface area contributed by atoms with Crippen LogP contribution in [-0.4, -0.2) is 36.9 Å². The lowest BCUT2D eigenvalue weighted by atomic mass is 10.1. The van der Waals surface area contributed by atoms with E-state index >= 15 is 0 Å². The van der Waals surface area contributed by atoms with E-state index in [-0.39, 0.29) is 6.10 Å². The van der Waals surface area contributed by atoms with Crippen LogP contribution in [0, 0.1) is 0 Å². The van der Waals surface area contributed by atoms with Crippen LogP contribution in [0.1, 0.15) is 30.1 Å². The number of benzene rings is 1. The zero-order chi connectivity index (χ0) is 13.0. The molecule has 0 radical (unpaired) electrons. The van der Waals surface area contributed by atoms with Crippen LogP contribution >= 0.6 is 0 Å². The molecule has 1 aliphatic heterocycles. The highest BCUT2D eigenvalue weighted by Crippen LogP contribution is 2.23. The number of para-hydroxylation sites is 1. The van der Waals surface area contributed by atoms with Gasteiger partial charge in [0, 0.05) is 19.7 Å². The number of hydrogen-bond acceptors (Lipinski definition) is 3. The Morgan fingerprint density at radius 3 is 2.89 bits per heavy atom. The van der Waals surface area contributed by atoms with Gasteiger partial charge in [0.05, 0.1) is 17.4 Å². The van der Waals surface area contributed by atoms with Crippen molar-refractivity contribution in [2.45, 2.75) is 25.9 Å². The highest BCUT2D eigenvalue weighted by atomic mass is 16.5. The molecule has 1 N–H and O–H groups in total. The summed E-state index contributed by atoms with van der Waals surface area (Å²) in [5.74, 6) is -0.878. The zero-order valence-electron chi connectivity index (χ0n) is 10.6. The first kappa shape index (κ1) is 12.9. The number of ether oxygens (including phenoxy) is 1. The second kappa shape index (κ2) is 5.87. The fourth-order valence-corrected chi connectivity index (χ4v) is 2.36. The fraction of sp³-hybridized carbons (Fsp3) is 0.500. The molecule has 1 fully saturated rings. The topological polar surface area (TPSA) is 49.8 Å². The average Bonchev–Trinajstić information content (AvgIpc) is 2.88. The second-order valence-electron chi connectivity index (χ2n) is 4.50. The van der Waals surface area contributed by atoms with Crippen LogP contribution < -0.4 is 4.90 Å². The monoisotopic (exact) mass is 249 g/mol. The van der Waals surface area contributed by atoms with Gasteiger partial charge in [-0.3, -0.25) is 0 Å². The standard InChI is InChI=1S/C14H19NO3/c1-2-15(10-11-6-5-9-18-11)13-8-4-3-7-12(13)14(16)17/h3-4,7-8,11H,2,5-6,9-10H2,1H3,(H,16,17). The minimum atomic E-state index is -0.878. The van der Waals surface area contributed by atoms with E-state index in [1.165, 1.54) is 0 Å². The summed E-state index contributed by atoms with van der Waals surface area (Å²) in [4.78, 5) is 13.3. The van der Waals surface area contributed by atoms with Crippen LogP contribution in [0.2, 0.25) is 0 Å². The molecule has 2 rings (SSSR count). The summed E-state index contributed by atoms with van der Waals surface area (Å²) in [5, 5.41) is 9.21. The maximum atomic E-state index is 11.2. The number of carbonyl (C=O) groups is 1. The van der Waals surface area contributed by atoms with Crippen molar-refractivity contribution in [1.82, 2.24) is 0 Å². The minimum Gasteiger partial charge on any atom is -0.478 e. The summed E-state index contributed by atoms with van der Waals surface area (Å²) < 4.78 is 5.62. The third kappa shape index (κ3) is 2.82. The molecule has 0 saturated carbocycles. The van der Waals surface area contributed by atoms with E-state index in [2.05, 4.69) is 4.90 Å². The first-order chi connectivity index (χ1) is 8.72. The van der Waals surface area contributed by atoms with Crippen LogP contribution in [0.25, 0.3) is 0 Å². The number of carboxylic acids is 1. The molecule has 1 aromatic carbocycles. The average molecular weight is 249 g/mol. The Kier molecular flexibility index (Phi) is 4.20. The Hall–Kier alpha value is -1.55. The number of hydrogen-bond donors (Lipinski definition) is 1. The summed E-state index contributed by atoms with van der Waals surface area (Å²) in [6.45, 7) is 4.40. The second-order valence-corrected chi connectivity index (χ2v) is 4.50. The van der Waals surface area contributed by atoms with E-state index in [0.717, 1.165) is 38.2 Å². The Morgan fingerprint density at radius 1 is 1.50 bits per heavy atom. The van der Waals surface area contributed by atoms with Crippen LogP contribution in [-0.2, 0) is 4.74 Å². The summed E-state index contributed by atoms with van der Waals surface area (Å²) in [5.41, 5.74) is 1.14. The Bertz CT molecular complexity index is 413. The van der Waals surface area contributed by atoms with E-state index in [4.69, 9.17) is 4.74 Å². The Labute approximate surface area is 107 Å². The van der Waals surface area contributed by atoms with E-state index < -0.39 is 5.97 Å². The molecule has 4 nitrogen and oxygen atoms in total. The van der Waals surface area contributed by atoms with Gasteiger partial charge in [-0.05, 0) is 31.9 Å². The molecule has 1 aromatic rings. The lowest BCUT2D eigenvalue weighted by molar-refractivity contribution is 0.0697. The molecule has 0 aliphatic carbocycles. The summed E-state index contributed by atoms with van der Waals surface area (Å²) in [6, 6.07) is 7.14. The highest BCUT2D eigenvalue weighted by molar-refractivity contribution is 5.94. The maximum Gasteiger partial charge on any atom is 0.337 e. The first-order valence-electron chi connectivity index (χ1n) is 6.41. The van der Waals surface area contributed by atoms with Crippen molar-refractivity contribution >= 4 is 11.7 Å². The Morgan fingerprint density at radius 2 is 2.28 bits per heavy atom. The maximum absolute atomic E-state index is 11.2. The predicted molar refractivity (Wildman–Crippen MR) is 70.3 cm³/mol. The van der Waals surface area contributed by atoms with Gasteiger partial charge >= 0.3 is 5.97 Å². The molecule has 1 heterocycles. The molecular formula is C14H19NO3. The van der Waals surface area contributed by atoms with E-state index in [1.807, 2.05) is 19.1 Å². The van der Waals surface area contributed by atoms with Crippen LogP contribution in [0.4, 0.5) is 5.69 Å². The molecule has 0 amide bonds. The van der Waals surface area contributed by atoms with Crippen LogP contribution in [0.5, 0.6) is 0 Å². The molecule has 4 heteroatoms. The smallest absolute Gasteiger partial charge is 0.337 e. The van der Waals surface area contributed by atoms with Gasteiger partial charge in [0.2, 0.25) is 0 Å². The van der Waals surface area contributed by atoms with Crippen molar-refractivity contribution in [2.75, 3.05) is 24.6 Å². The van der Waals surface area contributed by atoms with Gasteiger partial charge in [0.1, 0.15) is 0 Å². The molecule has 18 heavy (non-hydrogen) atoms. The van der Waals surface area contributed by atoms with Crippen LogP contribution in [0.15, 0.2) is 24.3 Å². The molecule has 1 saturated heterocycles. The molecule has 0 aromatic heterocycles. The van der Waals surface area contributed by atoms with E-state index in [0.29, 0.717) is 5.56 Å². The number of anilines is 1. The van der Waals surface area contributed by atoms with Gasteiger partial charge in [0.25, 0.3) is 0 Å². The van der Waals surface area contributed by atoms with Crippen molar-refractivity contribution in [3.05, 3.63) is 29.8 Å². The van der Waals surface area contributed by atoms with E-state index in [1.54, 1.807) is 12.1 Å². The van der Waals surface area contributed by atoms with Gasteiger partial charge in [-0.25, -0.2) is 4.79 Å². The molecule has 0 bridgehead atoms. The van der Waals surface area contributed by atoms with Crippen molar-refractivity contribution in [1.29, 1.82) is 0 Å². The van der Waals surface area contributed by atoms with Crippen molar-refractivity contribution in [3.63, 3.8) is 0 Å². The normalized spacial score (nSPS) is 18.8. The first-order valence-corrected chi connectivity index (χ1v) is 6.41. The predicted octanol–water partition coefficient (Wildman–Crippen LogP) is 2.39. The van der Waals surface area contributed by atoms with Gasteiger partial charge < -0.3 is 14.7 Å². The van der Waals surface area contributed by atoms with Crippen LogP contribution in [0.3, 0.4) is 0 Å². The van der Waals surface area contributed by atoms with Crippen molar-refractivity contribution < 1.29 is 14.6 Å². The number of likely N-dealkylation sites (N-methyl/N-ethyl adjacent to an activating group) is 1. The number of nitrogens with zero attached hydrogens (tertiary/aromatic N) is 1. The third-order valence-corrected chi connectivity index (χ3v) is 3.30. The molecule has 1 unspecified atom stereocenters. The molecule has 98 valence electrons. The quantitative estimate of drug-likeness (QED) is 0.870. The zero-order valence-corrected chi connectivity index (χ0v) is 10.6. The fourth-order valence-electron chi connectivity index (χ4n) is 2.36. The summed E-state index contributed by atoms with van der Waals surface area (Å²) >= 11 is 0. The van der Waals surface area contributed by atoms with Gasteiger partial charge in [-0.2, -0.15) is 0 Å². The van der Waals surface area contributed by atoms with Crippen molar-refractivity contribution in [3.8, 4) is 0 Å². The number of rotatable bonds is 5. The van der Waals surface area contributed by atoms with Crippen molar-refractivity contribution in [2.24, 2.45) is 0 Å². The largest absolute Gasteiger partial charge is 0.478 e. The van der Waals surface area contributed by atoms with Gasteiger partial charge in [-0.15, -0.1) is 0 Å². The summed E-state index contributed by atoms with van der Waals surface area (Å²) in [7, 11) is 0. The third-order valence-electron chi connectivity index (χ3n) is 3.30. The highest BCUT2D eigenvalue weighted by Gasteiger charge is 2.21. The molecule has 1 atom stereocenters. The SMILES string of the molecule is CCN(CC1CCCO1)c1ccccc1C(=O)O. The molecule has 1 aliphatic rings. The molecular weight excluding hydrogens is 230 g/mol. The van der Waals surface area contributed by atoms with Gasteiger partial charge in [0.15, 0.2) is 0 Å². The van der Waals surface area contributed by atoms with E-state index in [9.17, 15) is 9.90 Å². The minimum absolute atomic E-state index is 0.229. The number of carboxylic acid groups (broad SMARTS) is 1. The summed E-state index contributed by atoms with van der Waals surface area (Å²) in [6.07, 6.45) is 2.39. The number of aromatic carboxylic acids is 1. The molecule has 0 spiro atoms. The lowest BCUT2D eigenvalue weighted by Gasteiger charge is -2.27. The van der Waals surface area contributed by atoms with Gasteiger partial charge in [-0.1, -0.05) is 12.1 Å². The Balaban J connectivity index is 2.18.